The first kappa shape index (κ1) is 15.7. The van der Waals surface area contributed by atoms with E-state index in [9.17, 15) is 4.79 Å². The molecule has 0 aliphatic carbocycles. The van der Waals surface area contributed by atoms with Gasteiger partial charge in [-0.1, -0.05) is 6.07 Å². The molecule has 8 heteroatoms. The summed E-state index contributed by atoms with van der Waals surface area (Å²) >= 11 is 0. The number of benzene rings is 1. The zero-order valence-electron chi connectivity index (χ0n) is 14.1. The van der Waals surface area contributed by atoms with Crippen molar-refractivity contribution in [3.8, 4) is 11.5 Å². The highest BCUT2D eigenvalue weighted by atomic mass is 16.6. The van der Waals surface area contributed by atoms with Crippen LogP contribution in [0, 0.1) is 0 Å². The number of carbonyl (C=O) groups excluding carboxylic acids is 1. The van der Waals surface area contributed by atoms with Crippen molar-refractivity contribution in [3.63, 3.8) is 0 Å². The molecule has 2 aliphatic rings. The van der Waals surface area contributed by atoms with Crippen LogP contribution in [-0.4, -0.2) is 45.5 Å². The molecule has 1 aromatic heterocycles. The number of hydrogen-bond acceptors (Lipinski definition) is 5. The van der Waals surface area contributed by atoms with Crippen LogP contribution in [0.1, 0.15) is 30.3 Å². The second-order valence-electron chi connectivity index (χ2n) is 6.25. The maximum absolute atomic E-state index is 12.6. The van der Waals surface area contributed by atoms with Gasteiger partial charge in [-0.3, -0.25) is 4.68 Å². The van der Waals surface area contributed by atoms with E-state index >= 15 is 0 Å². The van der Waals surface area contributed by atoms with E-state index in [2.05, 4.69) is 15.4 Å². The Morgan fingerprint density at radius 3 is 2.96 bits per heavy atom. The molecule has 0 spiro atoms. The molecule has 0 unspecified atom stereocenters. The van der Waals surface area contributed by atoms with Crippen molar-refractivity contribution in [1.29, 1.82) is 0 Å². The van der Waals surface area contributed by atoms with Gasteiger partial charge in [-0.05, 0) is 30.5 Å². The Labute approximate surface area is 145 Å². The van der Waals surface area contributed by atoms with Crippen molar-refractivity contribution in [1.82, 2.24) is 25.0 Å². The molecular formula is C17H21N5O3. The second-order valence-corrected chi connectivity index (χ2v) is 6.25. The molecule has 0 bridgehead atoms. The summed E-state index contributed by atoms with van der Waals surface area (Å²) in [4.78, 5) is 18.6. The first-order valence-electron chi connectivity index (χ1n) is 8.49. The van der Waals surface area contributed by atoms with E-state index in [-0.39, 0.29) is 12.1 Å². The monoisotopic (exact) mass is 343 g/mol. The molecule has 4 rings (SSSR count). The standard InChI is InChI=1S/C17H21N5O3/c1-21-11-19-16(20-21)10-18-17(23)22-6-2-3-13(22)12-4-5-14-15(9-12)25-8-7-24-14/h4-5,9,11,13H,2-3,6-8,10H2,1H3,(H,18,23)/t13-/m1/s1. The van der Waals surface area contributed by atoms with Crippen LogP contribution in [0.3, 0.4) is 0 Å². The van der Waals surface area contributed by atoms with Crippen molar-refractivity contribution in [3.05, 3.63) is 35.9 Å². The van der Waals surface area contributed by atoms with Crippen molar-refractivity contribution < 1.29 is 14.3 Å². The van der Waals surface area contributed by atoms with Crippen LogP contribution in [0.2, 0.25) is 0 Å². The van der Waals surface area contributed by atoms with Gasteiger partial charge in [-0.15, -0.1) is 0 Å². The number of nitrogens with zero attached hydrogens (tertiary/aromatic N) is 4. The summed E-state index contributed by atoms with van der Waals surface area (Å²) in [6.07, 6.45) is 3.54. The highest BCUT2D eigenvalue weighted by molar-refractivity contribution is 5.75. The summed E-state index contributed by atoms with van der Waals surface area (Å²) in [5, 5.41) is 7.09. The lowest BCUT2D eigenvalue weighted by atomic mass is 10.0. The Bertz CT molecular complexity index is 775. The fourth-order valence-corrected chi connectivity index (χ4v) is 3.34. The highest BCUT2D eigenvalue weighted by Gasteiger charge is 2.31. The molecule has 0 saturated carbocycles. The summed E-state index contributed by atoms with van der Waals surface area (Å²) in [5.74, 6) is 2.13. The number of fused-ring (bicyclic) bond motifs is 1. The van der Waals surface area contributed by atoms with Gasteiger partial charge >= 0.3 is 6.03 Å². The van der Waals surface area contributed by atoms with Crippen LogP contribution in [0.25, 0.3) is 0 Å². The molecular weight excluding hydrogens is 322 g/mol. The minimum atomic E-state index is -0.0927. The molecule has 3 heterocycles. The molecule has 8 nitrogen and oxygen atoms in total. The number of amides is 2. The lowest BCUT2D eigenvalue weighted by Crippen LogP contribution is -2.39. The number of carbonyl (C=O) groups is 1. The largest absolute Gasteiger partial charge is 0.486 e. The maximum Gasteiger partial charge on any atom is 0.318 e. The van der Waals surface area contributed by atoms with Gasteiger partial charge < -0.3 is 19.7 Å². The van der Waals surface area contributed by atoms with Crippen LogP contribution in [0.4, 0.5) is 4.79 Å². The van der Waals surface area contributed by atoms with Crippen LogP contribution >= 0.6 is 0 Å². The summed E-state index contributed by atoms with van der Waals surface area (Å²) in [5.41, 5.74) is 1.08. The fourth-order valence-electron chi connectivity index (χ4n) is 3.34. The summed E-state index contributed by atoms with van der Waals surface area (Å²) < 4.78 is 12.9. The van der Waals surface area contributed by atoms with E-state index in [4.69, 9.17) is 9.47 Å². The van der Waals surface area contributed by atoms with Crippen molar-refractivity contribution in [2.24, 2.45) is 7.05 Å². The zero-order chi connectivity index (χ0) is 17.2. The highest BCUT2D eigenvalue weighted by Crippen LogP contribution is 2.38. The predicted molar refractivity (Wildman–Crippen MR) is 89.4 cm³/mol. The third-order valence-electron chi connectivity index (χ3n) is 4.51. The minimum Gasteiger partial charge on any atom is -0.486 e. The van der Waals surface area contributed by atoms with Gasteiger partial charge in [0.25, 0.3) is 0 Å². The van der Waals surface area contributed by atoms with E-state index in [1.807, 2.05) is 23.1 Å². The Balaban J connectivity index is 1.45. The molecule has 1 saturated heterocycles. The Hall–Kier alpha value is -2.77. The molecule has 0 radical (unpaired) electrons. The molecule has 1 N–H and O–H groups in total. The van der Waals surface area contributed by atoms with E-state index < -0.39 is 0 Å². The molecule has 1 aromatic carbocycles. The van der Waals surface area contributed by atoms with Gasteiger partial charge in [0.15, 0.2) is 17.3 Å². The van der Waals surface area contributed by atoms with Crippen molar-refractivity contribution in [2.45, 2.75) is 25.4 Å². The van der Waals surface area contributed by atoms with Gasteiger partial charge in [0, 0.05) is 13.6 Å². The zero-order valence-corrected chi connectivity index (χ0v) is 14.1. The van der Waals surface area contributed by atoms with E-state index in [0.29, 0.717) is 25.6 Å². The van der Waals surface area contributed by atoms with Crippen LogP contribution in [0.5, 0.6) is 11.5 Å². The fraction of sp³-hybridized carbons (Fsp3) is 0.471. The molecule has 2 aliphatic heterocycles. The minimum absolute atomic E-state index is 0.0486. The normalized spacial score (nSPS) is 19.1. The van der Waals surface area contributed by atoms with Gasteiger partial charge in [0.2, 0.25) is 0 Å². The number of hydrogen-bond donors (Lipinski definition) is 1. The number of nitrogens with one attached hydrogen (secondary N) is 1. The van der Waals surface area contributed by atoms with Crippen LogP contribution < -0.4 is 14.8 Å². The van der Waals surface area contributed by atoms with Gasteiger partial charge in [0.05, 0.1) is 12.6 Å². The Morgan fingerprint density at radius 1 is 1.32 bits per heavy atom. The van der Waals surface area contributed by atoms with E-state index in [0.717, 1.165) is 36.4 Å². The molecule has 2 aromatic rings. The third-order valence-corrected chi connectivity index (χ3v) is 4.51. The average Bonchev–Trinajstić information content (AvgIpc) is 3.28. The number of urea groups is 1. The summed E-state index contributed by atoms with van der Waals surface area (Å²) in [6.45, 7) is 2.19. The predicted octanol–water partition coefficient (Wildman–Crippen LogP) is 1.63. The third kappa shape index (κ3) is 3.24. The van der Waals surface area contributed by atoms with Crippen molar-refractivity contribution >= 4 is 6.03 Å². The summed E-state index contributed by atoms with van der Waals surface area (Å²) in [6, 6.07) is 5.89. The topological polar surface area (TPSA) is 81.5 Å². The SMILES string of the molecule is Cn1cnc(CNC(=O)N2CCC[C@@H]2c2ccc3c(c2)OCCO3)n1. The lowest BCUT2D eigenvalue weighted by Gasteiger charge is -2.26. The van der Waals surface area contributed by atoms with Gasteiger partial charge in [0.1, 0.15) is 19.5 Å². The second kappa shape index (κ2) is 6.62. The number of aromatic nitrogens is 3. The number of rotatable bonds is 3. The first-order valence-corrected chi connectivity index (χ1v) is 8.49. The number of likely N-dealkylation sites (tertiary alicyclic amines) is 1. The summed E-state index contributed by atoms with van der Waals surface area (Å²) in [7, 11) is 1.80. The Morgan fingerprint density at radius 2 is 2.16 bits per heavy atom. The van der Waals surface area contributed by atoms with Crippen LogP contribution in [-0.2, 0) is 13.6 Å². The quantitative estimate of drug-likeness (QED) is 0.916. The number of ether oxygens (including phenoxy) is 2. The van der Waals surface area contributed by atoms with E-state index in [1.165, 1.54) is 0 Å². The van der Waals surface area contributed by atoms with Gasteiger partial charge in [-0.2, -0.15) is 5.10 Å². The molecule has 2 amide bonds. The molecule has 1 fully saturated rings. The van der Waals surface area contributed by atoms with Crippen molar-refractivity contribution in [2.75, 3.05) is 19.8 Å². The molecule has 25 heavy (non-hydrogen) atoms. The Kier molecular flexibility index (Phi) is 4.17. The van der Waals surface area contributed by atoms with Crippen LogP contribution in [0.15, 0.2) is 24.5 Å². The first-order chi connectivity index (χ1) is 12.2. The van der Waals surface area contributed by atoms with Gasteiger partial charge in [-0.25, -0.2) is 9.78 Å². The lowest BCUT2D eigenvalue weighted by molar-refractivity contribution is 0.170. The maximum atomic E-state index is 12.6. The molecule has 132 valence electrons. The average molecular weight is 343 g/mol. The number of aryl methyl sites for hydroxylation is 1. The van der Waals surface area contributed by atoms with E-state index in [1.54, 1.807) is 18.1 Å². The smallest absolute Gasteiger partial charge is 0.318 e. The molecule has 1 atom stereocenters.